The molecule has 1 aliphatic rings. The summed E-state index contributed by atoms with van der Waals surface area (Å²) in [5, 5.41) is 11.3. The van der Waals surface area contributed by atoms with Crippen LogP contribution in [0.2, 0.25) is 0 Å². The van der Waals surface area contributed by atoms with E-state index in [0.717, 1.165) is 18.4 Å². The monoisotopic (exact) mass is 218 g/mol. The van der Waals surface area contributed by atoms with Crippen molar-refractivity contribution in [2.45, 2.75) is 18.4 Å². The van der Waals surface area contributed by atoms with Crippen molar-refractivity contribution in [3.05, 3.63) is 24.2 Å². The molecule has 3 rings (SSSR count). The number of nitrogens with zero attached hydrogens (tertiary/aromatic N) is 2. The fraction of sp³-hybridized carbons (Fsp3) is 0.300. The van der Waals surface area contributed by atoms with Gasteiger partial charge in [-0.05, 0) is 25.0 Å². The number of rotatable bonds is 2. The predicted octanol–water partition coefficient (Wildman–Crippen LogP) is 1.21. The Morgan fingerprint density at radius 2 is 2.38 bits per heavy atom. The molecule has 2 aromatic heterocycles. The standard InChI is InChI=1S/C10H10N4O2/c15-9(16)14-10(3-4-10)8-12-6-2-1-5-11-7(6)13-8/h1-2,5,14H,3-4H2,(H,15,16)(H,11,12,13). The smallest absolute Gasteiger partial charge is 0.405 e. The second kappa shape index (κ2) is 2.94. The Kier molecular flexibility index (Phi) is 1.68. The maximum Gasteiger partial charge on any atom is 0.405 e. The molecule has 0 aromatic carbocycles. The Labute approximate surface area is 90.7 Å². The Morgan fingerprint density at radius 1 is 1.56 bits per heavy atom. The number of imidazole rings is 1. The molecule has 1 fully saturated rings. The molecule has 0 radical (unpaired) electrons. The van der Waals surface area contributed by atoms with E-state index in [1.807, 2.05) is 12.1 Å². The average Bonchev–Trinajstić information content (AvgIpc) is 2.89. The Bertz CT molecular complexity index is 526. The molecule has 3 N–H and O–H groups in total. The summed E-state index contributed by atoms with van der Waals surface area (Å²) in [6.07, 6.45) is 2.20. The van der Waals surface area contributed by atoms with Gasteiger partial charge in [-0.15, -0.1) is 0 Å². The van der Waals surface area contributed by atoms with Crippen molar-refractivity contribution in [3.63, 3.8) is 0 Å². The van der Waals surface area contributed by atoms with Gasteiger partial charge in [0.05, 0.1) is 5.52 Å². The number of pyridine rings is 1. The number of hydrogen-bond donors (Lipinski definition) is 3. The number of fused-ring (bicyclic) bond motifs is 1. The second-order valence-corrected chi connectivity index (χ2v) is 3.97. The highest BCUT2D eigenvalue weighted by Crippen LogP contribution is 2.44. The van der Waals surface area contributed by atoms with Crippen LogP contribution in [0.4, 0.5) is 4.79 Å². The number of aromatic nitrogens is 3. The number of carbonyl (C=O) groups is 1. The van der Waals surface area contributed by atoms with E-state index in [0.29, 0.717) is 11.5 Å². The molecule has 0 bridgehead atoms. The first kappa shape index (κ1) is 9.14. The van der Waals surface area contributed by atoms with Crippen molar-refractivity contribution in [2.24, 2.45) is 0 Å². The number of hydrogen-bond acceptors (Lipinski definition) is 3. The third kappa shape index (κ3) is 1.30. The molecule has 2 aromatic rings. The first-order valence-electron chi connectivity index (χ1n) is 5.02. The summed E-state index contributed by atoms with van der Waals surface area (Å²) in [7, 11) is 0. The second-order valence-electron chi connectivity index (χ2n) is 3.97. The number of aromatic amines is 1. The molecule has 0 spiro atoms. The van der Waals surface area contributed by atoms with Crippen molar-refractivity contribution in [1.29, 1.82) is 0 Å². The first-order valence-corrected chi connectivity index (χ1v) is 5.02. The zero-order valence-corrected chi connectivity index (χ0v) is 8.40. The van der Waals surface area contributed by atoms with Crippen LogP contribution in [0.1, 0.15) is 18.7 Å². The molecule has 1 aliphatic carbocycles. The summed E-state index contributed by atoms with van der Waals surface area (Å²) in [5.74, 6) is 0.656. The number of amides is 1. The van der Waals surface area contributed by atoms with Gasteiger partial charge in [0.25, 0.3) is 0 Å². The van der Waals surface area contributed by atoms with Gasteiger partial charge in [0.1, 0.15) is 11.4 Å². The van der Waals surface area contributed by atoms with Gasteiger partial charge in [-0.2, -0.15) is 0 Å². The van der Waals surface area contributed by atoms with E-state index in [9.17, 15) is 4.79 Å². The minimum Gasteiger partial charge on any atom is -0.465 e. The van der Waals surface area contributed by atoms with Crippen LogP contribution in [-0.2, 0) is 5.54 Å². The summed E-state index contributed by atoms with van der Waals surface area (Å²) in [4.78, 5) is 22.2. The quantitative estimate of drug-likeness (QED) is 0.706. The van der Waals surface area contributed by atoms with Crippen molar-refractivity contribution in [1.82, 2.24) is 20.3 Å². The Morgan fingerprint density at radius 3 is 3.00 bits per heavy atom. The van der Waals surface area contributed by atoms with Crippen LogP contribution in [0.25, 0.3) is 11.2 Å². The predicted molar refractivity (Wildman–Crippen MR) is 56.0 cm³/mol. The number of carboxylic acid groups (broad SMARTS) is 1. The number of H-pyrrole nitrogens is 1. The molecule has 6 heteroatoms. The lowest BCUT2D eigenvalue weighted by Crippen LogP contribution is -2.34. The summed E-state index contributed by atoms with van der Waals surface area (Å²) in [6.45, 7) is 0. The molecule has 16 heavy (non-hydrogen) atoms. The van der Waals surface area contributed by atoms with Crippen LogP contribution in [0.5, 0.6) is 0 Å². The first-order chi connectivity index (χ1) is 7.70. The molecular weight excluding hydrogens is 208 g/mol. The SMILES string of the molecule is O=C(O)NC1(c2nc3ncccc3[nH]2)CC1. The molecule has 1 amide bonds. The van der Waals surface area contributed by atoms with E-state index in [4.69, 9.17) is 5.11 Å². The zero-order chi connectivity index (χ0) is 11.2. The highest BCUT2D eigenvalue weighted by atomic mass is 16.4. The summed E-state index contributed by atoms with van der Waals surface area (Å²) in [6, 6.07) is 3.68. The van der Waals surface area contributed by atoms with E-state index in [-0.39, 0.29) is 0 Å². The van der Waals surface area contributed by atoms with Gasteiger partial charge in [-0.1, -0.05) is 0 Å². The summed E-state index contributed by atoms with van der Waals surface area (Å²) < 4.78 is 0. The maximum absolute atomic E-state index is 10.7. The molecule has 0 aliphatic heterocycles. The molecule has 2 heterocycles. The van der Waals surface area contributed by atoms with Crippen LogP contribution >= 0.6 is 0 Å². The van der Waals surface area contributed by atoms with E-state index in [1.54, 1.807) is 6.20 Å². The molecule has 0 atom stereocenters. The van der Waals surface area contributed by atoms with Gasteiger partial charge in [-0.25, -0.2) is 14.8 Å². The largest absolute Gasteiger partial charge is 0.465 e. The van der Waals surface area contributed by atoms with Crippen molar-refractivity contribution in [2.75, 3.05) is 0 Å². The highest BCUT2D eigenvalue weighted by molar-refractivity contribution is 5.71. The summed E-state index contributed by atoms with van der Waals surface area (Å²) >= 11 is 0. The van der Waals surface area contributed by atoms with Gasteiger partial charge in [0.2, 0.25) is 0 Å². The Hall–Kier alpha value is -2.11. The molecule has 6 nitrogen and oxygen atoms in total. The number of nitrogens with one attached hydrogen (secondary N) is 2. The van der Waals surface area contributed by atoms with Crippen molar-refractivity contribution >= 4 is 17.3 Å². The fourth-order valence-corrected chi connectivity index (χ4v) is 1.82. The lowest BCUT2D eigenvalue weighted by atomic mass is 10.2. The third-order valence-corrected chi connectivity index (χ3v) is 2.81. The molecule has 0 saturated heterocycles. The van der Waals surface area contributed by atoms with Gasteiger partial charge < -0.3 is 15.4 Å². The van der Waals surface area contributed by atoms with Gasteiger partial charge >= 0.3 is 6.09 Å². The van der Waals surface area contributed by atoms with E-state index >= 15 is 0 Å². The van der Waals surface area contributed by atoms with Crippen LogP contribution in [0, 0.1) is 0 Å². The van der Waals surface area contributed by atoms with Gasteiger partial charge in [0.15, 0.2) is 5.65 Å². The van der Waals surface area contributed by atoms with Crippen molar-refractivity contribution in [3.8, 4) is 0 Å². The minimum atomic E-state index is -1.02. The molecule has 82 valence electrons. The van der Waals surface area contributed by atoms with Crippen LogP contribution < -0.4 is 5.32 Å². The lowest BCUT2D eigenvalue weighted by Gasteiger charge is -2.10. The molecule has 0 unspecified atom stereocenters. The average molecular weight is 218 g/mol. The van der Waals surface area contributed by atoms with E-state index in [2.05, 4.69) is 20.3 Å². The normalized spacial score (nSPS) is 17.2. The third-order valence-electron chi connectivity index (χ3n) is 2.81. The topological polar surface area (TPSA) is 90.9 Å². The van der Waals surface area contributed by atoms with Crippen molar-refractivity contribution < 1.29 is 9.90 Å². The van der Waals surface area contributed by atoms with E-state index in [1.165, 1.54) is 0 Å². The molecular formula is C10H10N4O2. The van der Waals surface area contributed by atoms with Crippen LogP contribution in [0.15, 0.2) is 18.3 Å². The molecule has 1 saturated carbocycles. The minimum absolute atomic E-state index is 0.521. The summed E-state index contributed by atoms with van der Waals surface area (Å²) in [5.41, 5.74) is 0.930. The fourth-order valence-electron chi connectivity index (χ4n) is 1.82. The highest BCUT2D eigenvalue weighted by Gasteiger charge is 2.48. The maximum atomic E-state index is 10.7. The van der Waals surface area contributed by atoms with Crippen LogP contribution in [-0.4, -0.2) is 26.2 Å². The van der Waals surface area contributed by atoms with Crippen LogP contribution in [0.3, 0.4) is 0 Å². The lowest BCUT2D eigenvalue weighted by molar-refractivity contribution is 0.187. The van der Waals surface area contributed by atoms with Gasteiger partial charge in [0, 0.05) is 6.20 Å². The zero-order valence-electron chi connectivity index (χ0n) is 8.40. The van der Waals surface area contributed by atoms with E-state index < -0.39 is 11.6 Å². The Balaban J connectivity index is 2.03. The van der Waals surface area contributed by atoms with Gasteiger partial charge in [-0.3, -0.25) is 0 Å².